The first kappa shape index (κ1) is 17.4. The number of nitrogens with zero attached hydrogens (tertiary/aromatic N) is 6. The lowest BCUT2D eigenvalue weighted by molar-refractivity contribution is 0.0940. The molecule has 3 amide bonds. The summed E-state index contributed by atoms with van der Waals surface area (Å²) in [6.07, 6.45) is 9.08. The van der Waals surface area contributed by atoms with Crippen molar-refractivity contribution in [3.8, 4) is 0 Å². The molecule has 9 heteroatoms. The minimum Gasteiger partial charge on any atom is -0.351 e. The van der Waals surface area contributed by atoms with Gasteiger partial charge in [-0.2, -0.15) is 5.10 Å². The molecule has 0 spiro atoms. The number of likely N-dealkylation sites (tertiary alicyclic amines) is 1. The summed E-state index contributed by atoms with van der Waals surface area (Å²) >= 11 is 0. The van der Waals surface area contributed by atoms with Crippen molar-refractivity contribution in [3.63, 3.8) is 0 Å². The Bertz CT molecular complexity index is 801. The molecule has 0 radical (unpaired) electrons. The summed E-state index contributed by atoms with van der Waals surface area (Å²) in [4.78, 5) is 36.6. The molecular weight excluding hydrogens is 346 g/mol. The minimum absolute atomic E-state index is 0.0393. The fourth-order valence-electron chi connectivity index (χ4n) is 3.71. The molecule has 142 valence electrons. The number of carbonyl (C=O) groups excluding carboxylic acids is 2. The number of urea groups is 1. The van der Waals surface area contributed by atoms with Gasteiger partial charge in [-0.3, -0.25) is 14.5 Å². The van der Waals surface area contributed by atoms with Gasteiger partial charge in [0, 0.05) is 44.8 Å². The Labute approximate surface area is 157 Å². The third-order valence-corrected chi connectivity index (χ3v) is 5.09. The van der Waals surface area contributed by atoms with E-state index in [1.54, 1.807) is 6.20 Å². The molecule has 1 N–H and O–H groups in total. The van der Waals surface area contributed by atoms with Crippen molar-refractivity contribution >= 4 is 11.9 Å². The molecule has 1 saturated heterocycles. The number of fused-ring (bicyclic) bond motifs is 1. The third-order valence-electron chi connectivity index (χ3n) is 5.09. The quantitative estimate of drug-likeness (QED) is 0.869. The highest BCUT2D eigenvalue weighted by atomic mass is 16.2. The van der Waals surface area contributed by atoms with E-state index in [0.717, 1.165) is 31.6 Å². The average Bonchev–Trinajstić information content (AvgIpc) is 3.39. The molecule has 0 aliphatic carbocycles. The van der Waals surface area contributed by atoms with Gasteiger partial charge in [0.2, 0.25) is 0 Å². The van der Waals surface area contributed by atoms with E-state index in [4.69, 9.17) is 0 Å². The first-order valence-electron chi connectivity index (χ1n) is 9.33. The lowest BCUT2D eigenvalue weighted by atomic mass is 10.1. The Morgan fingerprint density at radius 1 is 1.15 bits per heavy atom. The van der Waals surface area contributed by atoms with Gasteiger partial charge >= 0.3 is 6.03 Å². The van der Waals surface area contributed by atoms with E-state index < -0.39 is 0 Å². The van der Waals surface area contributed by atoms with Gasteiger partial charge in [-0.15, -0.1) is 0 Å². The van der Waals surface area contributed by atoms with E-state index in [0.29, 0.717) is 31.7 Å². The van der Waals surface area contributed by atoms with Crippen LogP contribution in [0.15, 0.2) is 30.9 Å². The van der Waals surface area contributed by atoms with Gasteiger partial charge in [0.1, 0.15) is 5.69 Å². The largest absolute Gasteiger partial charge is 0.351 e. The van der Waals surface area contributed by atoms with Crippen LogP contribution in [0, 0.1) is 0 Å². The number of rotatable bonds is 4. The predicted octanol–water partition coefficient (Wildman–Crippen LogP) is 1.07. The second-order valence-corrected chi connectivity index (χ2v) is 6.91. The van der Waals surface area contributed by atoms with E-state index in [1.165, 1.54) is 18.6 Å². The summed E-state index contributed by atoms with van der Waals surface area (Å²) in [6, 6.07) is 2.10. The molecule has 2 aromatic rings. The summed E-state index contributed by atoms with van der Waals surface area (Å²) in [7, 11) is 0. The average molecular weight is 369 g/mol. The topological polar surface area (TPSA) is 96.2 Å². The van der Waals surface area contributed by atoms with Crippen molar-refractivity contribution < 1.29 is 9.59 Å². The first-order chi connectivity index (χ1) is 13.2. The van der Waals surface area contributed by atoms with E-state index in [-0.39, 0.29) is 18.0 Å². The zero-order chi connectivity index (χ0) is 18.6. The van der Waals surface area contributed by atoms with Crippen LogP contribution in [0.5, 0.6) is 0 Å². The highest BCUT2D eigenvalue weighted by Crippen LogP contribution is 2.24. The van der Waals surface area contributed by atoms with Gasteiger partial charge in [0.05, 0.1) is 24.5 Å². The number of amides is 3. The van der Waals surface area contributed by atoms with Crippen LogP contribution < -0.4 is 5.32 Å². The van der Waals surface area contributed by atoms with Crippen molar-refractivity contribution in [2.45, 2.75) is 31.8 Å². The molecule has 0 unspecified atom stereocenters. The van der Waals surface area contributed by atoms with Crippen molar-refractivity contribution in [1.82, 2.24) is 34.9 Å². The Morgan fingerprint density at radius 2 is 2.00 bits per heavy atom. The summed E-state index contributed by atoms with van der Waals surface area (Å²) in [5, 5.41) is 7.29. The van der Waals surface area contributed by atoms with Crippen molar-refractivity contribution in [3.05, 3.63) is 42.2 Å². The van der Waals surface area contributed by atoms with Crippen molar-refractivity contribution in [2.75, 3.05) is 26.2 Å². The number of aromatic nitrogens is 4. The van der Waals surface area contributed by atoms with Crippen LogP contribution in [0.1, 0.15) is 41.5 Å². The number of hydrogen-bond donors (Lipinski definition) is 1. The lowest BCUT2D eigenvalue weighted by Gasteiger charge is -2.36. The maximum Gasteiger partial charge on any atom is 0.320 e. The van der Waals surface area contributed by atoms with E-state index in [2.05, 4.69) is 20.4 Å². The maximum atomic E-state index is 12.8. The van der Waals surface area contributed by atoms with Crippen LogP contribution in [-0.4, -0.2) is 67.7 Å². The zero-order valence-electron chi connectivity index (χ0n) is 15.1. The summed E-state index contributed by atoms with van der Waals surface area (Å²) in [5.74, 6) is -0.246. The van der Waals surface area contributed by atoms with E-state index >= 15 is 0 Å². The molecule has 0 bridgehead atoms. The molecule has 2 aliphatic rings. The van der Waals surface area contributed by atoms with Crippen LogP contribution in [0.25, 0.3) is 0 Å². The van der Waals surface area contributed by atoms with Crippen LogP contribution in [0.3, 0.4) is 0 Å². The van der Waals surface area contributed by atoms with E-state index in [1.807, 2.05) is 20.5 Å². The van der Waals surface area contributed by atoms with Gasteiger partial charge in [-0.1, -0.05) is 0 Å². The molecule has 4 rings (SSSR count). The summed E-state index contributed by atoms with van der Waals surface area (Å²) < 4.78 is 1.97. The Kier molecular flexibility index (Phi) is 4.99. The molecule has 0 saturated carbocycles. The van der Waals surface area contributed by atoms with E-state index in [9.17, 15) is 9.59 Å². The Morgan fingerprint density at radius 3 is 2.78 bits per heavy atom. The molecule has 2 aromatic heterocycles. The van der Waals surface area contributed by atoms with Crippen molar-refractivity contribution in [1.29, 1.82) is 0 Å². The SMILES string of the molecule is O=C(NCC[C@H]1CN(C(=O)N2CCCC2)Cc2ccnn21)c1cnccn1. The molecule has 4 heterocycles. The fraction of sp³-hybridized carbons (Fsp3) is 0.500. The van der Waals surface area contributed by atoms with Crippen LogP contribution >= 0.6 is 0 Å². The fourth-order valence-corrected chi connectivity index (χ4v) is 3.71. The molecule has 1 atom stereocenters. The number of hydrogen-bond acceptors (Lipinski definition) is 5. The predicted molar refractivity (Wildman–Crippen MR) is 96.9 cm³/mol. The third kappa shape index (κ3) is 3.76. The van der Waals surface area contributed by atoms with Gasteiger partial charge in [0.15, 0.2) is 0 Å². The standard InChI is InChI=1S/C18H23N7O2/c26-17(16-11-19-7-8-20-16)21-5-3-14-12-24(13-15-4-6-22-25(14)15)18(27)23-9-1-2-10-23/h4,6-8,11,14H,1-3,5,9-10,12-13H2,(H,21,26)/t14-/m0/s1. The monoisotopic (exact) mass is 369 g/mol. The first-order valence-corrected chi connectivity index (χ1v) is 9.33. The number of carbonyl (C=O) groups is 2. The smallest absolute Gasteiger partial charge is 0.320 e. The molecule has 1 fully saturated rings. The second kappa shape index (κ2) is 7.73. The number of nitrogens with one attached hydrogen (secondary N) is 1. The zero-order valence-corrected chi connectivity index (χ0v) is 15.1. The van der Waals surface area contributed by atoms with Gasteiger partial charge in [-0.25, -0.2) is 9.78 Å². The van der Waals surface area contributed by atoms with Gasteiger partial charge in [-0.05, 0) is 25.3 Å². The molecule has 0 aromatic carbocycles. The van der Waals surface area contributed by atoms with Crippen molar-refractivity contribution in [2.24, 2.45) is 0 Å². The summed E-state index contributed by atoms with van der Waals surface area (Å²) in [6.45, 7) is 3.34. The van der Waals surface area contributed by atoms with Crippen LogP contribution in [-0.2, 0) is 6.54 Å². The second-order valence-electron chi connectivity index (χ2n) is 6.91. The van der Waals surface area contributed by atoms with Crippen LogP contribution in [0.2, 0.25) is 0 Å². The van der Waals surface area contributed by atoms with Gasteiger partial charge < -0.3 is 15.1 Å². The van der Waals surface area contributed by atoms with Gasteiger partial charge in [0.25, 0.3) is 5.91 Å². The normalized spacial score (nSPS) is 19.0. The Hall–Kier alpha value is -2.97. The Balaban J connectivity index is 1.38. The molecule has 9 nitrogen and oxygen atoms in total. The maximum absolute atomic E-state index is 12.8. The minimum atomic E-state index is -0.246. The molecular formula is C18H23N7O2. The highest BCUT2D eigenvalue weighted by Gasteiger charge is 2.31. The molecule has 27 heavy (non-hydrogen) atoms. The molecule has 2 aliphatic heterocycles. The summed E-state index contributed by atoms with van der Waals surface area (Å²) in [5.41, 5.74) is 1.32. The lowest BCUT2D eigenvalue weighted by Crippen LogP contribution is -2.47. The highest BCUT2D eigenvalue weighted by molar-refractivity contribution is 5.91. The van der Waals surface area contributed by atoms with Crippen LogP contribution in [0.4, 0.5) is 4.79 Å².